The Morgan fingerprint density at radius 2 is 2.00 bits per heavy atom. The third-order valence-corrected chi connectivity index (χ3v) is 1.63. The Balaban J connectivity index is 2.44. The molecule has 0 heterocycles. The van der Waals surface area contributed by atoms with Gasteiger partial charge in [0.1, 0.15) is 0 Å². The van der Waals surface area contributed by atoms with Crippen molar-refractivity contribution in [2.24, 2.45) is 9.98 Å². The van der Waals surface area contributed by atoms with Crippen LogP contribution in [0.25, 0.3) is 0 Å². The first-order chi connectivity index (χ1) is 6.43. The predicted octanol–water partition coefficient (Wildman–Crippen LogP) is 3.29. The molecular weight excluding hydrogens is 160 g/mol. The normalized spacial score (nSPS) is 9.00. The van der Waals surface area contributed by atoms with Gasteiger partial charge in [-0.1, -0.05) is 31.5 Å². The Hall–Kier alpha value is -1.40. The summed E-state index contributed by atoms with van der Waals surface area (Å²) in [7, 11) is 0. The number of benzene rings is 1. The van der Waals surface area contributed by atoms with Crippen LogP contribution in [0.1, 0.15) is 19.8 Å². The van der Waals surface area contributed by atoms with Gasteiger partial charge in [-0.05, 0) is 18.6 Å². The predicted molar refractivity (Wildman–Crippen MR) is 55.7 cm³/mol. The van der Waals surface area contributed by atoms with Crippen molar-refractivity contribution >= 4 is 11.7 Å². The van der Waals surface area contributed by atoms with Gasteiger partial charge in [0.25, 0.3) is 0 Å². The van der Waals surface area contributed by atoms with Crippen LogP contribution in [0.5, 0.6) is 0 Å². The van der Waals surface area contributed by atoms with E-state index >= 15 is 0 Å². The maximum Gasteiger partial charge on any atom is 0.0948 e. The smallest absolute Gasteiger partial charge is 0.0948 e. The van der Waals surface area contributed by atoms with Crippen molar-refractivity contribution < 1.29 is 0 Å². The number of hydrogen-bond acceptors (Lipinski definition) is 2. The van der Waals surface area contributed by atoms with E-state index in [9.17, 15) is 0 Å². The number of rotatable bonds is 4. The lowest BCUT2D eigenvalue weighted by molar-refractivity contribution is 0.810. The fraction of sp³-hybridized carbons (Fsp3) is 0.364. The molecule has 1 rings (SSSR count). The van der Waals surface area contributed by atoms with Crippen LogP contribution in [0.4, 0.5) is 5.69 Å². The summed E-state index contributed by atoms with van der Waals surface area (Å²) >= 11 is 0. The summed E-state index contributed by atoms with van der Waals surface area (Å²) in [5.74, 6) is 0. The zero-order chi connectivity index (χ0) is 9.36. The second kappa shape index (κ2) is 6.15. The van der Waals surface area contributed by atoms with Gasteiger partial charge >= 0.3 is 0 Å². The van der Waals surface area contributed by atoms with Crippen LogP contribution in [0.15, 0.2) is 40.3 Å². The molecule has 0 aliphatic heterocycles. The lowest BCUT2D eigenvalue weighted by Crippen LogP contribution is -1.75. The van der Waals surface area contributed by atoms with Gasteiger partial charge in [0, 0.05) is 6.54 Å². The summed E-state index contributed by atoms with van der Waals surface area (Å²) in [6, 6.07) is 12.4. The Kier molecular flexibility index (Phi) is 4.58. The molecule has 0 aromatic heterocycles. The lowest BCUT2D eigenvalue weighted by Gasteiger charge is -1.86. The van der Waals surface area contributed by atoms with E-state index in [0.29, 0.717) is 0 Å². The molecule has 0 spiro atoms. The molecule has 0 amide bonds. The number of aliphatic imine (C=N–C) groups is 2. The van der Waals surface area contributed by atoms with Gasteiger partial charge in [-0.25, -0.2) is 4.99 Å². The van der Waals surface area contributed by atoms with Gasteiger partial charge in [-0.15, -0.1) is 0 Å². The van der Waals surface area contributed by atoms with Gasteiger partial charge in [-0.3, -0.25) is 0 Å². The average molecular weight is 174 g/mol. The van der Waals surface area contributed by atoms with E-state index in [2.05, 4.69) is 22.9 Å². The van der Waals surface area contributed by atoms with Crippen molar-refractivity contribution in [3.63, 3.8) is 0 Å². The van der Waals surface area contributed by atoms with E-state index in [1.807, 2.05) is 30.3 Å². The Morgan fingerprint density at radius 3 is 2.69 bits per heavy atom. The topological polar surface area (TPSA) is 24.7 Å². The van der Waals surface area contributed by atoms with E-state index in [1.165, 1.54) is 0 Å². The minimum atomic E-state index is 0.826. The molecule has 0 aliphatic carbocycles. The first-order valence-corrected chi connectivity index (χ1v) is 4.60. The molecule has 0 atom stereocenters. The van der Waals surface area contributed by atoms with Gasteiger partial charge < -0.3 is 0 Å². The van der Waals surface area contributed by atoms with Gasteiger partial charge in [0.2, 0.25) is 0 Å². The summed E-state index contributed by atoms with van der Waals surface area (Å²) in [6.45, 7) is 2.97. The minimum Gasteiger partial charge on any atom is -0.225 e. The van der Waals surface area contributed by atoms with E-state index in [1.54, 1.807) is 0 Å². The molecule has 0 aliphatic rings. The first kappa shape index (κ1) is 9.69. The summed E-state index contributed by atoms with van der Waals surface area (Å²) in [5, 5.41) is 0. The third kappa shape index (κ3) is 4.24. The average Bonchev–Trinajstić information content (AvgIpc) is 2.19. The lowest BCUT2D eigenvalue weighted by atomic mass is 10.3. The van der Waals surface area contributed by atoms with Crippen molar-refractivity contribution in [1.82, 2.24) is 0 Å². The second-order valence-corrected chi connectivity index (χ2v) is 2.78. The molecule has 1 aromatic carbocycles. The van der Waals surface area contributed by atoms with Crippen LogP contribution >= 0.6 is 0 Å². The molecule has 0 N–H and O–H groups in total. The Bertz CT molecular complexity index is 284. The highest BCUT2D eigenvalue weighted by Crippen LogP contribution is 2.07. The zero-order valence-corrected chi connectivity index (χ0v) is 7.90. The van der Waals surface area contributed by atoms with Crippen LogP contribution in [-0.4, -0.2) is 12.6 Å². The van der Waals surface area contributed by atoms with Gasteiger partial charge in [0.15, 0.2) is 0 Å². The van der Waals surface area contributed by atoms with Crippen LogP contribution < -0.4 is 0 Å². The van der Waals surface area contributed by atoms with E-state index in [-0.39, 0.29) is 0 Å². The van der Waals surface area contributed by atoms with Crippen molar-refractivity contribution in [3.05, 3.63) is 30.3 Å². The fourth-order valence-electron chi connectivity index (χ4n) is 0.883. The number of hydrogen-bond donors (Lipinski definition) is 0. The van der Waals surface area contributed by atoms with Gasteiger partial charge in [0.05, 0.1) is 11.7 Å². The number of nitrogens with zero attached hydrogens (tertiary/aromatic N) is 2. The molecule has 0 saturated carbocycles. The summed E-state index contributed by atoms with van der Waals surface area (Å²) in [4.78, 5) is 8.10. The largest absolute Gasteiger partial charge is 0.225 e. The van der Waals surface area contributed by atoms with Crippen LogP contribution in [0, 0.1) is 0 Å². The summed E-state index contributed by atoms with van der Waals surface area (Å²) in [6.07, 6.45) is 2.27. The Labute approximate surface area is 79.0 Å². The second-order valence-electron chi connectivity index (χ2n) is 2.78. The SMILES string of the molecule is CCCCN=C=Nc1ccccc1. The molecule has 0 unspecified atom stereocenters. The molecule has 0 saturated heterocycles. The molecule has 0 fully saturated rings. The third-order valence-electron chi connectivity index (χ3n) is 1.63. The molecule has 13 heavy (non-hydrogen) atoms. The van der Waals surface area contributed by atoms with Crippen LogP contribution in [0.2, 0.25) is 0 Å². The molecule has 2 heteroatoms. The first-order valence-electron chi connectivity index (χ1n) is 4.60. The maximum atomic E-state index is 4.06. The standard InChI is InChI=1S/C11H14N2/c1-2-3-9-12-10-13-11-7-5-4-6-8-11/h4-8H,2-3,9H2,1H3. The monoisotopic (exact) mass is 174 g/mol. The zero-order valence-electron chi connectivity index (χ0n) is 7.90. The molecule has 0 bridgehead atoms. The molecule has 0 radical (unpaired) electrons. The van der Waals surface area contributed by atoms with Crippen molar-refractivity contribution in [2.45, 2.75) is 19.8 Å². The number of unbranched alkanes of at least 4 members (excludes halogenated alkanes) is 1. The summed E-state index contributed by atoms with van der Waals surface area (Å²) in [5.41, 5.74) is 0.905. The maximum absolute atomic E-state index is 4.06. The number of para-hydroxylation sites is 1. The molecule has 2 nitrogen and oxygen atoms in total. The highest BCUT2D eigenvalue weighted by Gasteiger charge is 1.81. The van der Waals surface area contributed by atoms with E-state index in [0.717, 1.165) is 25.1 Å². The van der Waals surface area contributed by atoms with Crippen LogP contribution in [-0.2, 0) is 0 Å². The van der Waals surface area contributed by atoms with E-state index in [4.69, 9.17) is 0 Å². The van der Waals surface area contributed by atoms with Crippen molar-refractivity contribution in [2.75, 3.05) is 6.54 Å². The van der Waals surface area contributed by atoms with Crippen molar-refractivity contribution in [3.8, 4) is 0 Å². The minimum absolute atomic E-state index is 0.826. The Morgan fingerprint density at radius 1 is 1.23 bits per heavy atom. The molecule has 1 aromatic rings. The highest BCUT2D eigenvalue weighted by atomic mass is 14.8. The summed E-state index contributed by atoms with van der Waals surface area (Å²) < 4.78 is 0. The molecule has 68 valence electrons. The van der Waals surface area contributed by atoms with Gasteiger partial charge in [-0.2, -0.15) is 4.99 Å². The highest BCUT2D eigenvalue weighted by molar-refractivity contribution is 5.51. The quantitative estimate of drug-likeness (QED) is 0.494. The molecular formula is C11H14N2. The van der Waals surface area contributed by atoms with E-state index < -0.39 is 0 Å². The van der Waals surface area contributed by atoms with Crippen molar-refractivity contribution in [1.29, 1.82) is 0 Å². The van der Waals surface area contributed by atoms with Crippen LogP contribution in [0.3, 0.4) is 0 Å². The fourth-order valence-corrected chi connectivity index (χ4v) is 0.883.